The number of carbonyl (C=O) groups is 1. The van der Waals surface area contributed by atoms with Crippen LogP contribution >= 0.6 is 0 Å². The number of nitrogens with zero attached hydrogens (tertiary/aromatic N) is 3. The van der Waals surface area contributed by atoms with Crippen LogP contribution < -0.4 is 5.43 Å². The molecule has 0 unspecified atom stereocenters. The van der Waals surface area contributed by atoms with E-state index in [1.807, 2.05) is 60.9 Å². The van der Waals surface area contributed by atoms with Crippen molar-refractivity contribution in [2.45, 2.75) is 13.8 Å². The number of fused-ring (bicyclic) bond motifs is 1. The van der Waals surface area contributed by atoms with E-state index in [-0.39, 0.29) is 11.6 Å². The number of benzene rings is 3. The van der Waals surface area contributed by atoms with Gasteiger partial charge in [-0.25, -0.2) is 5.43 Å². The summed E-state index contributed by atoms with van der Waals surface area (Å²) >= 11 is 0. The zero-order valence-corrected chi connectivity index (χ0v) is 17.1. The summed E-state index contributed by atoms with van der Waals surface area (Å²) in [5.41, 5.74) is 6.68. The number of aryl methyl sites for hydroxylation is 1. The maximum absolute atomic E-state index is 12.5. The number of nitrogens with one attached hydrogen (secondary N) is 1. The molecular formula is C24H20N4O3. The Kier molecular flexibility index (Phi) is 5.32. The van der Waals surface area contributed by atoms with Gasteiger partial charge in [-0.1, -0.05) is 30.3 Å². The number of nitro benzene ring substituents is 1. The second-order valence-corrected chi connectivity index (χ2v) is 7.20. The van der Waals surface area contributed by atoms with Gasteiger partial charge < -0.3 is 4.57 Å². The molecule has 7 heteroatoms. The first-order chi connectivity index (χ1) is 14.9. The van der Waals surface area contributed by atoms with Crippen LogP contribution in [0, 0.1) is 24.0 Å². The maximum Gasteiger partial charge on any atom is 0.271 e. The highest BCUT2D eigenvalue weighted by Crippen LogP contribution is 2.22. The first kappa shape index (κ1) is 20.0. The lowest BCUT2D eigenvalue weighted by molar-refractivity contribution is -0.384. The molecule has 154 valence electrons. The second-order valence-electron chi connectivity index (χ2n) is 7.20. The Bertz CT molecular complexity index is 1320. The first-order valence-corrected chi connectivity index (χ1v) is 9.70. The lowest BCUT2D eigenvalue weighted by Gasteiger charge is -2.09. The first-order valence-electron chi connectivity index (χ1n) is 9.70. The van der Waals surface area contributed by atoms with Gasteiger partial charge in [0.25, 0.3) is 11.6 Å². The molecule has 0 saturated heterocycles. The van der Waals surface area contributed by atoms with E-state index >= 15 is 0 Å². The zero-order valence-electron chi connectivity index (χ0n) is 17.1. The van der Waals surface area contributed by atoms with Crippen LogP contribution in [0.15, 0.2) is 77.9 Å². The van der Waals surface area contributed by atoms with Gasteiger partial charge in [0.15, 0.2) is 0 Å². The summed E-state index contributed by atoms with van der Waals surface area (Å²) in [6.07, 6.45) is 1.60. The van der Waals surface area contributed by atoms with Gasteiger partial charge in [-0.2, -0.15) is 5.10 Å². The fraction of sp³-hybridized carbons (Fsp3) is 0.0833. The van der Waals surface area contributed by atoms with Crippen molar-refractivity contribution < 1.29 is 9.72 Å². The monoisotopic (exact) mass is 412 g/mol. The Balaban J connectivity index is 1.52. The second kappa shape index (κ2) is 8.23. The minimum Gasteiger partial charge on any atom is -0.318 e. The largest absolute Gasteiger partial charge is 0.318 e. The SMILES string of the molecule is Cc1cc(/C=N\NC(=O)c2ccc3ccccc3c2)c(C)n1-c1ccc([N+](=O)[O-])cc1. The van der Waals surface area contributed by atoms with E-state index in [0.717, 1.165) is 33.4 Å². The molecular weight excluding hydrogens is 392 g/mol. The number of carbonyl (C=O) groups excluding carboxylic acids is 1. The van der Waals surface area contributed by atoms with Gasteiger partial charge in [0.1, 0.15) is 0 Å². The average molecular weight is 412 g/mol. The van der Waals surface area contributed by atoms with Crippen molar-refractivity contribution in [3.05, 3.63) is 105 Å². The molecule has 0 bridgehead atoms. The van der Waals surface area contributed by atoms with Gasteiger partial charge in [-0.3, -0.25) is 14.9 Å². The lowest BCUT2D eigenvalue weighted by Crippen LogP contribution is -2.17. The van der Waals surface area contributed by atoms with Crippen LogP contribution in [0.3, 0.4) is 0 Å². The summed E-state index contributed by atoms with van der Waals surface area (Å²) in [5, 5.41) is 17.1. The summed E-state index contributed by atoms with van der Waals surface area (Å²) in [6.45, 7) is 3.88. The summed E-state index contributed by atoms with van der Waals surface area (Å²) < 4.78 is 1.98. The van der Waals surface area contributed by atoms with E-state index in [2.05, 4.69) is 10.5 Å². The molecule has 0 radical (unpaired) electrons. The number of aromatic nitrogens is 1. The maximum atomic E-state index is 12.5. The Hall–Kier alpha value is -4.26. The summed E-state index contributed by atoms with van der Waals surface area (Å²) in [5.74, 6) is -0.286. The minimum atomic E-state index is -0.421. The lowest BCUT2D eigenvalue weighted by atomic mass is 10.1. The third kappa shape index (κ3) is 4.06. The molecule has 1 heterocycles. The van der Waals surface area contributed by atoms with Crippen LogP contribution in [0.5, 0.6) is 0 Å². The molecule has 3 aromatic carbocycles. The van der Waals surface area contributed by atoms with Gasteiger partial charge in [-0.15, -0.1) is 0 Å². The summed E-state index contributed by atoms with van der Waals surface area (Å²) in [7, 11) is 0. The highest BCUT2D eigenvalue weighted by atomic mass is 16.6. The van der Waals surface area contributed by atoms with Crippen LogP contribution in [0.1, 0.15) is 27.3 Å². The van der Waals surface area contributed by atoms with Crippen molar-refractivity contribution in [3.8, 4) is 5.69 Å². The Labute approximate surface area is 178 Å². The number of amides is 1. The molecule has 0 atom stereocenters. The number of hydrazone groups is 1. The molecule has 4 rings (SSSR count). The van der Waals surface area contributed by atoms with Crippen molar-refractivity contribution in [1.82, 2.24) is 9.99 Å². The van der Waals surface area contributed by atoms with Crippen molar-refractivity contribution in [1.29, 1.82) is 0 Å². The molecule has 7 nitrogen and oxygen atoms in total. The predicted molar refractivity (Wildman–Crippen MR) is 121 cm³/mol. The summed E-state index contributed by atoms with van der Waals surface area (Å²) in [4.78, 5) is 22.9. The third-order valence-electron chi connectivity index (χ3n) is 5.17. The molecule has 1 amide bonds. The van der Waals surface area contributed by atoms with E-state index in [0.29, 0.717) is 5.56 Å². The van der Waals surface area contributed by atoms with E-state index in [9.17, 15) is 14.9 Å². The molecule has 4 aromatic rings. The summed E-state index contributed by atoms with van der Waals surface area (Å²) in [6, 6.07) is 21.7. The Morgan fingerprint density at radius 1 is 1.00 bits per heavy atom. The minimum absolute atomic E-state index is 0.0457. The van der Waals surface area contributed by atoms with Crippen molar-refractivity contribution in [3.63, 3.8) is 0 Å². The van der Waals surface area contributed by atoms with Crippen LogP contribution in [-0.4, -0.2) is 21.6 Å². The molecule has 0 aliphatic rings. The number of hydrogen-bond donors (Lipinski definition) is 1. The quantitative estimate of drug-likeness (QED) is 0.287. The zero-order chi connectivity index (χ0) is 22.0. The van der Waals surface area contributed by atoms with E-state index in [1.165, 1.54) is 12.1 Å². The number of non-ortho nitro benzene ring substituents is 1. The average Bonchev–Trinajstić information content (AvgIpc) is 3.06. The van der Waals surface area contributed by atoms with Crippen LogP contribution in [0.4, 0.5) is 5.69 Å². The molecule has 1 aromatic heterocycles. The fourth-order valence-electron chi connectivity index (χ4n) is 3.59. The van der Waals surface area contributed by atoms with E-state index in [1.54, 1.807) is 24.4 Å². The molecule has 0 fully saturated rings. The molecule has 0 aliphatic heterocycles. The number of nitro groups is 1. The normalized spacial score (nSPS) is 11.2. The van der Waals surface area contributed by atoms with Gasteiger partial charge in [0.2, 0.25) is 0 Å². The van der Waals surface area contributed by atoms with Crippen LogP contribution in [0.2, 0.25) is 0 Å². The van der Waals surface area contributed by atoms with Gasteiger partial charge in [0.05, 0.1) is 11.1 Å². The molecule has 1 N–H and O–H groups in total. The predicted octanol–water partition coefficient (Wildman–Crippen LogP) is 4.92. The van der Waals surface area contributed by atoms with Crippen molar-refractivity contribution in [2.75, 3.05) is 0 Å². The number of hydrogen-bond acceptors (Lipinski definition) is 4. The highest BCUT2D eigenvalue weighted by Gasteiger charge is 2.12. The van der Waals surface area contributed by atoms with Gasteiger partial charge in [-0.05, 0) is 55.0 Å². The van der Waals surface area contributed by atoms with E-state index in [4.69, 9.17) is 0 Å². The van der Waals surface area contributed by atoms with Crippen LogP contribution in [-0.2, 0) is 0 Å². The topological polar surface area (TPSA) is 89.5 Å². The van der Waals surface area contributed by atoms with Gasteiger partial charge >= 0.3 is 0 Å². The van der Waals surface area contributed by atoms with Crippen molar-refractivity contribution >= 4 is 28.6 Å². The fourth-order valence-corrected chi connectivity index (χ4v) is 3.59. The van der Waals surface area contributed by atoms with E-state index < -0.39 is 4.92 Å². The Morgan fingerprint density at radius 3 is 2.42 bits per heavy atom. The van der Waals surface area contributed by atoms with Crippen molar-refractivity contribution in [2.24, 2.45) is 5.10 Å². The molecule has 0 spiro atoms. The molecule has 0 aliphatic carbocycles. The molecule has 31 heavy (non-hydrogen) atoms. The smallest absolute Gasteiger partial charge is 0.271 e. The number of rotatable bonds is 5. The third-order valence-corrected chi connectivity index (χ3v) is 5.17. The highest BCUT2D eigenvalue weighted by molar-refractivity contribution is 5.99. The molecule has 0 saturated carbocycles. The van der Waals surface area contributed by atoms with Crippen LogP contribution in [0.25, 0.3) is 16.5 Å². The standard InChI is InChI=1S/C24H20N4O3/c1-16-13-21(17(2)27(16)22-9-11-23(12-10-22)28(30)31)15-25-26-24(29)20-8-7-18-5-3-4-6-19(18)14-20/h3-15H,1-2H3,(H,26,29)/b25-15-. The van der Waals surface area contributed by atoms with Gasteiger partial charge in [0, 0.05) is 40.3 Å². The Morgan fingerprint density at radius 2 is 1.71 bits per heavy atom.